The number of methoxy groups -OCH3 is 1. The maximum atomic E-state index is 13.1. The van der Waals surface area contributed by atoms with E-state index in [4.69, 9.17) is 9.15 Å². The summed E-state index contributed by atoms with van der Waals surface area (Å²) in [5, 5.41) is 30.8. The van der Waals surface area contributed by atoms with Crippen molar-refractivity contribution in [3.05, 3.63) is 23.0 Å². The third-order valence-corrected chi connectivity index (χ3v) is 8.17. The summed E-state index contributed by atoms with van der Waals surface area (Å²) in [6.07, 6.45) is 0. The van der Waals surface area contributed by atoms with Gasteiger partial charge in [0.15, 0.2) is 0 Å². The lowest BCUT2D eigenvalue weighted by molar-refractivity contribution is -0.192. The molecule has 0 spiro atoms. The predicted octanol–water partition coefficient (Wildman–Crippen LogP) is -0.131. The highest BCUT2D eigenvalue weighted by molar-refractivity contribution is 8.01. The number of carbonyl (C=O) groups is 3. The normalized spacial score (nSPS) is 21.9. The van der Waals surface area contributed by atoms with E-state index in [-0.39, 0.29) is 17.2 Å². The molecule has 34 heavy (non-hydrogen) atoms. The zero-order chi connectivity index (χ0) is 24.5. The van der Waals surface area contributed by atoms with Crippen LogP contribution in [0.4, 0.5) is 0 Å². The number of carboxylic acids is 1. The molecule has 0 aliphatic carbocycles. The Hall–Kier alpha value is -2.63. The zero-order valence-electron chi connectivity index (χ0n) is 18.2. The Balaban J connectivity index is 1.43. The summed E-state index contributed by atoms with van der Waals surface area (Å²) in [4.78, 5) is 38.9. The number of fused-ring (bicyclic) bond motifs is 1. The Morgan fingerprint density at radius 1 is 1.35 bits per heavy atom. The molecule has 0 radical (unpaired) electrons. The first kappa shape index (κ1) is 24.5. The molecule has 2 aliphatic heterocycles. The summed E-state index contributed by atoms with van der Waals surface area (Å²) in [5.41, 5.74) is -1.23. The van der Waals surface area contributed by atoms with E-state index in [1.54, 1.807) is 13.8 Å². The van der Waals surface area contributed by atoms with Gasteiger partial charge in [0.25, 0.3) is 16.9 Å². The molecule has 2 amide bonds. The van der Waals surface area contributed by atoms with Crippen molar-refractivity contribution in [3.63, 3.8) is 0 Å². The van der Waals surface area contributed by atoms with Crippen molar-refractivity contribution in [3.8, 4) is 0 Å². The lowest BCUT2D eigenvalue weighted by Crippen LogP contribution is -2.80. The number of nitrogens with zero attached hydrogens (tertiary/aromatic N) is 7. The number of nitrogens with one attached hydrogen (secondary N) is 1. The Morgan fingerprint density at radius 3 is 2.76 bits per heavy atom. The molecule has 17 heteroatoms. The average Bonchev–Trinajstić information content (AvgIpc) is 3.42. The maximum absolute atomic E-state index is 13.1. The van der Waals surface area contributed by atoms with E-state index >= 15 is 0 Å². The fourth-order valence-electron chi connectivity index (χ4n) is 3.38. The summed E-state index contributed by atoms with van der Waals surface area (Å²) in [6.45, 7) is 3.40. The molecule has 14 nitrogen and oxygen atoms in total. The molecule has 0 bridgehead atoms. The van der Waals surface area contributed by atoms with Crippen LogP contribution < -0.4 is 5.32 Å². The molecule has 2 atom stereocenters. The number of aromatic nitrogens is 6. The van der Waals surface area contributed by atoms with Crippen molar-refractivity contribution >= 4 is 53.1 Å². The maximum Gasteiger partial charge on any atom is 0.352 e. The molecule has 1 fully saturated rings. The van der Waals surface area contributed by atoms with Crippen LogP contribution in [0.2, 0.25) is 0 Å². The van der Waals surface area contributed by atoms with Crippen molar-refractivity contribution in [1.82, 2.24) is 40.6 Å². The number of β-lactam (4-membered cyclic amide) rings is 1. The molecule has 2 aromatic heterocycles. The summed E-state index contributed by atoms with van der Waals surface area (Å²) in [7, 11) is 1.31. The summed E-state index contributed by atoms with van der Waals surface area (Å²) < 4.78 is 12.3. The predicted molar refractivity (Wildman–Crippen MR) is 120 cm³/mol. The summed E-state index contributed by atoms with van der Waals surface area (Å²) in [5.74, 6) is -0.329. The van der Waals surface area contributed by atoms with E-state index in [2.05, 4.69) is 31.0 Å². The van der Waals surface area contributed by atoms with Gasteiger partial charge in [0.05, 0.1) is 11.6 Å². The van der Waals surface area contributed by atoms with Gasteiger partial charge in [0.2, 0.25) is 11.8 Å². The molecule has 2 N–H and O–H groups in total. The number of aliphatic carboxylic acids is 1. The number of aryl methyl sites for hydroxylation is 2. The molecule has 2 unspecified atom stereocenters. The third kappa shape index (κ3) is 4.51. The number of hydrogen-bond donors (Lipinski definition) is 2. The van der Waals surface area contributed by atoms with E-state index < -0.39 is 28.9 Å². The number of hydrogen-bond acceptors (Lipinski definition) is 13. The van der Waals surface area contributed by atoms with Crippen molar-refractivity contribution in [1.29, 1.82) is 0 Å². The second-order valence-corrected chi connectivity index (χ2v) is 10.1. The number of rotatable bonds is 10. The van der Waals surface area contributed by atoms with E-state index in [1.807, 2.05) is 0 Å². The highest BCUT2D eigenvalue weighted by atomic mass is 32.2. The van der Waals surface area contributed by atoms with Crippen LogP contribution in [0.5, 0.6) is 0 Å². The topological polar surface area (TPSA) is 178 Å². The molecule has 182 valence electrons. The monoisotopic (exact) mass is 528 g/mol. The highest BCUT2D eigenvalue weighted by Gasteiger charge is 2.66. The fourth-order valence-corrected chi connectivity index (χ4v) is 6.52. The van der Waals surface area contributed by atoms with Crippen LogP contribution in [0.15, 0.2) is 20.9 Å². The van der Waals surface area contributed by atoms with Gasteiger partial charge >= 0.3 is 5.97 Å². The number of thioether (sulfide) groups is 3. The first-order chi connectivity index (χ1) is 16.3. The summed E-state index contributed by atoms with van der Waals surface area (Å²) in [6, 6.07) is 0. The molecule has 0 saturated carbocycles. The summed E-state index contributed by atoms with van der Waals surface area (Å²) >= 11 is 3.76. The van der Waals surface area contributed by atoms with E-state index in [0.717, 1.165) is 4.90 Å². The van der Waals surface area contributed by atoms with Gasteiger partial charge in [0, 0.05) is 25.5 Å². The number of tetrazole rings is 1. The van der Waals surface area contributed by atoms with Gasteiger partial charge in [-0.3, -0.25) is 14.5 Å². The van der Waals surface area contributed by atoms with Crippen LogP contribution in [0.1, 0.15) is 11.7 Å². The first-order valence-electron chi connectivity index (χ1n) is 9.77. The van der Waals surface area contributed by atoms with Crippen molar-refractivity contribution in [2.24, 2.45) is 0 Å². The molecule has 1 saturated heterocycles. The Bertz CT molecular complexity index is 1150. The largest absolute Gasteiger partial charge is 0.477 e. The zero-order valence-corrected chi connectivity index (χ0v) is 20.7. The highest BCUT2D eigenvalue weighted by Crippen LogP contribution is 2.47. The Kier molecular flexibility index (Phi) is 7.15. The fraction of sp³-hybridized carbons (Fsp3) is 0.529. The SMILES string of the molecule is COC1(NC(=O)CSCn2nnnc2C)C(=O)N2C(C(=O)O)=C(CSc3nnc(C)o3)CSC21. The Labute approximate surface area is 205 Å². The van der Waals surface area contributed by atoms with Crippen molar-refractivity contribution < 1.29 is 28.6 Å². The quantitative estimate of drug-likeness (QED) is 0.236. The third-order valence-electron chi connectivity index (χ3n) is 4.99. The molecule has 4 rings (SSSR count). The minimum atomic E-state index is -1.64. The van der Waals surface area contributed by atoms with Gasteiger partial charge in [-0.1, -0.05) is 11.8 Å². The number of ether oxygens (including phenoxy) is 1. The smallest absolute Gasteiger partial charge is 0.352 e. The molecule has 2 aromatic rings. The molecule has 0 aromatic carbocycles. The van der Waals surface area contributed by atoms with Gasteiger partial charge in [-0.05, 0) is 22.9 Å². The molecular weight excluding hydrogens is 508 g/mol. The van der Waals surface area contributed by atoms with Gasteiger partial charge in [-0.2, -0.15) is 0 Å². The van der Waals surface area contributed by atoms with E-state index in [0.29, 0.717) is 34.1 Å². The molecule has 2 aliphatic rings. The lowest BCUT2D eigenvalue weighted by atomic mass is 9.98. The standard InChI is InChI=1S/C17H20N8O6S3/c1-8-19-22-23-24(8)7-32-6-11(26)18-17(30-3)14(29)25-12(13(27)28)10(4-33-15(17)25)5-34-16-21-20-9(2)31-16/h15H,4-7H2,1-3H3,(H,18,26)(H,27,28). The number of carboxylic acid groups (broad SMARTS) is 1. The van der Waals surface area contributed by atoms with Gasteiger partial charge < -0.3 is 19.6 Å². The van der Waals surface area contributed by atoms with Crippen LogP contribution in [0.3, 0.4) is 0 Å². The number of carbonyl (C=O) groups excluding carboxylic acids is 2. The van der Waals surface area contributed by atoms with Gasteiger partial charge in [0.1, 0.15) is 16.9 Å². The van der Waals surface area contributed by atoms with E-state index in [9.17, 15) is 19.5 Å². The van der Waals surface area contributed by atoms with Crippen LogP contribution in [-0.4, -0.2) is 93.7 Å². The average molecular weight is 529 g/mol. The molecular formula is C17H20N8O6S3. The van der Waals surface area contributed by atoms with Gasteiger partial charge in [-0.15, -0.1) is 38.8 Å². The first-order valence-corrected chi connectivity index (χ1v) is 13.0. The van der Waals surface area contributed by atoms with Crippen LogP contribution in [-0.2, 0) is 25.0 Å². The minimum Gasteiger partial charge on any atom is -0.477 e. The van der Waals surface area contributed by atoms with Crippen molar-refractivity contribution in [2.75, 3.05) is 24.4 Å². The second kappa shape index (κ2) is 9.93. The van der Waals surface area contributed by atoms with Crippen LogP contribution in [0.25, 0.3) is 0 Å². The van der Waals surface area contributed by atoms with E-state index in [1.165, 1.54) is 47.1 Å². The number of amides is 2. The van der Waals surface area contributed by atoms with Crippen LogP contribution in [0, 0.1) is 13.8 Å². The van der Waals surface area contributed by atoms with Crippen LogP contribution >= 0.6 is 35.3 Å². The second-order valence-electron chi connectivity index (χ2n) is 7.16. The minimum absolute atomic E-state index is 0.0300. The lowest BCUT2D eigenvalue weighted by Gasteiger charge is -2.55. The van der Waals surface area contributed by atoms with Gasteiger partial charge in [-0.25, -0.2) is 9.48 Å². The van der Waals surface area contributed by atoms with Crippen molar-refractivity contribution in [2.45, 2.75) is 36.0 Å². The Morgan fingerprint density at radius 2 is 2.15 bits per heavy atom. The molecule has 4 heterocycles.